The molecule has 0 saturated heterocycles. The number of para-hydroxylation sites is 1. The normalized spacial score (nSPS) is 10.9. The number of benzene rings is 2. The smallest absolute Gasteiger partial charge is 0.266 e. The van der Waals surface area contributed by atoms with Gasteiger partial charge in [-0.05, 0) is 37.1 Å². The minimum Gasteiger partial charge on any atom is -0.494 e. The van der Waals surface area contributed by atoms with E-state index in [9.17, 15) is 9.59 Å². The predicted octanol–water partition coefficient (Wildman–Crippen LogP) is 4.05. The van der Waals surface area contributed by atoms with Crippen molar-refractivity contribution in [3.05, 3.63) is 53.2 Å². The van der Waals surface area contributed by atoms with Gasteiger partial charge in [-0.15, -0.1) is 0 Å². The highest BCUT2D eigenvalue weighted by atomic mass is 16.5. The number of fused-ring (bicyclic) bond motifs is 1. The number of rotatable bonds is 8. The summed E-state index contributed by atoms with van der Waals surface area (Å²) in [6, 6.07) is 11.1. The molecule has 3 rings (SSSR count). The van der Waals surface area contributed by atoms with Crippen LogP contribution >= 0.6 is 0 Å². The number of unbranched alkanes of at least 4 members (excludes halogenated alkanes) is 1. The first-order valence-electron chi connectivity index (χ1n) is 10.3. The Morgan fingerprint density at radius 1 is 1.10 bits per heavy atom. The van der Waals surface area contributed by atoms with Crippen molar-refractivity contribution in [3.63, 3.8) is 0 Å². The van der Waals surface area contributed by atoms with Crippen LogP contribution in [0.2, 0.25) is 0 Å². The van der Waals surface area contributed by atoms with E-state index < -0.39 is 5.91 Å². The minimum atomic E-state index is -0.652. The Morgan fingerprint density at radius 3 is 2.26 bits per heavy atom. The molecule has 7 heteroatoms. The number of nitrogens with zero attached hydrogens (tertiary/aromatic N) is 2. The number of amides is 2. The molecule has 2 amide bonds. The van der Waals surface area contributed by atoms with Crippen molar-refractivity contribution in [2.45, 2.75) is 26.7 Å². The zero-order valence-electron chi connectivity index (χ0n) is 18.7. The Bertz CT molecular complexity index is 1110. The first-order valence-corrected chi connectivity index (χ1v) is 10.3. The summed E-state index contributed by atoms with van der Waals surface area (Å²) in [5.41, 5.74) is 8.42. The van der Waals surface area contributed by atoms with E-state index in [0.717, 1.165) is 23.9 Å². The van der Waals surface area contributed by atoms with E-state index in [1.54, 1.807) is 30.7 Å². The number of primary amides is 1. The van der Waals surface area contributed by atoms with Gasteiger partial charge in [0.1, 0.15) is 22.9 Å². The molecule has 0 radical (unpaired) electrons. The summed E-state index contributed by atoms with van der Waals surface area (Å²) >= 11 is 0. The van der Waals surface area contributed by atoms with Gasteiger partial charge in [0, 0.05) is 24.5 Å². The van der Waals surface area contributed by atoms with Crippen LogP contribution in [0.5, 0.6) is 11.5 Å². The third-order valence-electron chi connectivity index (χ3n) is 5.43. The maximum Gasteiger partial charge on any atom is 0.266 e. The predicted molar refractivity (Wildman–Crippen MR) is 122 cm³/mol. The minimum absolute atomic E-state index is 0.178. The maximum atomic E-state index is 14.0. The lowest BCUT2D eigenvalue weighted by molar-refractivity contribution is 0.0956. The Balaban J connectivity index is 2.29. The van der Waals surface area contributed by atoms with Gasteiger partial charge in [-0.1, -0.05) is 31.5 Å². The number of anilines is 1. The van der Waals surface area contributed by atoms with Crippen LogP contribution in [0.15, 0.2) is 36.4 Å². The molecule has 0 aliphatic carbocycles. The topological polar surface area (TPSA) is 86.8 Å². The number of ether oxygens (including phenoxy) is 2. The third-order valence-corrected chi connectivity index (χ3v) is 5.43. The molecule has 0 aliphatic heterocycles. The average molecular weight is 424 g/mol. The van der Waals surface area contributed by atoms with Crippen molar-refractivity contribution in [1.82, 2.24) is 4.57 Å². The number of carbonyl (C=O) groups excluding carboxylic acids is 2. The number of hydrogen-bond acceptors (Lipinski definition) is 4. The second-order valence-electron chi connectivity index (χ2n) is 7.49. The molecule has 0 aliphatic rings. The summed E-state index contributed by atoms with van der Waals surface area (Å²) in [5.74, 6) is 0.0872. The SMILES string of the molecule is CCCCN(C(=O)c1c(C(N)=O)n(C)c2ccccc12)c1c(OC)cc(C)cc1OC. The van der Waals surface area contributed by atoms with E-state index in [2.05, 4.69) is 6.92 Å². The average Bonchev–Trinajstić information content (AvgIpc) is 3.06. The summed E-state index contributed by atoms with van der Waals surface area (Å²) in [5, 5.41) is 0.676. The fraction of sp³-hybridized carbons (Fsp3) is 0.333. The van der Waals surface area contributed by atoms with Crippen molar-refractivity contribution in [2.75, 3.05) is 25.7 Å². The van der Waals surface area contributed by atoms with E-state index >= 15 is 0 Å². The van der Waals surface area contributed by atoms with Crippen LogP contribution in [0.25, 0.3) is 10.9 Å². The van der Waals surface area contributed by atoms with Gasteiger partial charge in [-0.2, -0.15) is 0 Å². The molecule has 0 spiro atoms. The lowest BCUT2D eigenvalue weighted by atomic mass is 10.1. The van der Waals surface area contributed by atoms with Gasteiger partial charge in [0.05, 0.1) is 19.8 Å². The molecule has 164 valence electrons. The molecule has 2 aromatic carbocycles. The second-order valence-corrected chi connectivity index (χ2v) is 7.49. The summed E-state index contributed by atoms with van der Waals surface area (Å²) in [6.45, 7) is 4.43. The molecule has 0 saturated carbocycles. The van der Waals surface area contributed by atoms with E-state index in [4.69, 9.17) is 15.2 Å². The third kappa shape index (κ3) is 3.95. The fourth-order valence-corrected chi connectivity index (χ4v) is 3.95. The van der Waals surface area contributed by atoms with E-state index in [0.29, 0.717) is 29.1 Å². The van der Waals surface area contributed by atoms with Crippen LogP contribution in [-0.4, -0.2) is 37.1 Å². The fourth-order valence-electron chi connectivity index (χ4n) is 3.95. The number of hydrogen-bond donors (Lipinski definition) is 1. The van der Waals surface area contributed by atoms with Gasteiger partial charge in [0.15, 0.2) is 0 Å². The number of carbonyl (C=O) groups is 2. The molecule has 3 aromatic rings. The second kappa shape index (κ2) is 9.12. The first kappa shape index (κ1) is 22.2. The molecule has 2 N–H and O–H groups in total. The highest BCUT2D eigenvalue weighted by Crippen LogP contribution is 2.41. The van der Waals surface area contributed by atoms with Gasteiger partial charge in [0.25, 0.3) is 11.8 Å². The van der Waals surface area contributed by atoms with Gasteiger partial charge in [-0.25, -0.2) is 0 Å². The van der Waals surface area contributed by atoms with E-state index in [-0.39, 0.29) is 17.2 Å². The number of nitrogens with two attached hydrogens (primary N) is 1. The summed E-state index contributed by atoms with van der Waals surface area (Å²) in [6.07, 6.45) is 1.65. The molecule has 0 fully saturated rings. The molecule has 0 bridgehead atoms. The lowest BCUT2D eigenvalue weighted by Gasteiger charge is -2.27. The van der Waals surface area contributed by atoms with Gasteiger partial charge in [-0.3, -0.25) is 9.59 Å². The highest BCUT2D eigenvalue weighted by Gasteiger charge is 2.31. The molecule has 1 aromatic heterocycles. The zero-order valence-corrected chi connectivity index (χ0v) is 18.7. The molecule has 7 nitrogen and oxygen atoms in total. The molecule has 31 heavy (non-hydrogen) atoms. The monoisotopic (exact) mass is 423 g/mol. The molecular formula is C24H29N3O4. The van der Waals surface area contributed by atoms with Crippen LogP contribution < -0.4 is 20.1 Å². The van der Waals surface area contributed by atoms with Crippen LogP contribution in [-0.2, 0) is 7.05 Å². The van der Waals surface area contributed by atoms with Crippen molar-refractivity contribution in [3.8, 4) is 11.5 Å². The Kier molecular flexibility index (Phi) is 6.53. The first-order chi connectivity index (χ1) is 14.8. The molecular weight excluding hydrogens is 394 g/mol. The number of aryl methyl sites for hydroxylation is 2. The van der Waals surface area contributed by atoms with Crippen LogP contribution in [0.1, 0.15) is 46.2 Å². The highest BCUT2D eigenvalue weighted by molar-refractivity contribution is 6.20. The van der Waals surface area contributed by atoms with Crippen LogP contribution in [0, 0.1) is 6.92 Å². The van der Waals surface area contributed by atoms with Crippen molar-refractivity contribution in [1.29, 1.82) is 0 Å². The number of methoxy groups -OCH3 is 2. The maximum absolute atomic E-state index is 14.0. The lowest BCUT2D eigenvalue weighted by Crippen LogP contribution is -2.34. The van der Waals surface area contributed by atoms with E-state index in [1.165, 1.54) is 0 Å². The van der Waals surface area contributed by atoms with Crippen molar-refractivity contribution in [2.24, 2.45) is 12.8 Å². The Labute approximate surface area is 182 Å². The van der Waals surface area contributed by atoms with E-state index in [1.807, 2.05) is 43.3 Å². The number of aromatic nitrogens is 1. The summed E-state index contributed by atoms with van der Waals surface area (Å²) in [7, 11) is 4.86. The largest absolute Gasteiger partial charge is 0.494 e. The molecule has 0 atom stereocenters. The zero-order chi connectivity index (χ0) is 22.7. The van der Waals surface area contributed by atoms with Gasteiger partial charge >= 0.3 is 0 Å². The molecule has 0 unspecified atom stereocenters. The molecule has 1 heterocycles. The quantitative estimate of drug-likeness (QED) is 0.592. The summed E-state index contributed by atoms with van der Waals surface area (Å²) < 4.78 is 12.9. The van der Waals surface area contributed by atoms with Crippen LogP contribution in [0.4, 0.5) is 5.69 Å². The van der Waals surface area contributed by atoms with Gasteiger partial charge < -0.3 is 24.7 Å². The van der Waals surface area contributed by atoms with Crippen LogP contribution in [0.3, 0.4) is 0 Å². The standard InChI is InChI=1S/C24H29N3O4/c1-6-7-12-27(21-18(30-4)13-15(2)14-19(21)31-5)24(29)20-16-10-8-9-11-17(16)26(3)22(20)23(25)28/h8-11,13-14H,6-7,12H2,1-5H3,(H2,25,28). The Hall–Kier alpha value is -3.48. The van der Waals surface area contributed by atoms with Crippen molar-refractivity contribution >= 4 is 28.4 Å². The van der Waals surface area contributed by atoms with Gasteiger partial charge in [0.2, 0.25) is 0 Å². The summed E-state index contributed by atoms with van der Waals surface area (Å²) in [4.78, 5) is 28.0. The van der Waals surface area contributed by atoms with Crippen molar-refractivity contribution < 1.29 is 19.1 Å². The Morgan fingerprint density at radius 2 is 1.71 bits per heavy atom.